The first kappa shape index (κ1) is 15.9. The van der Waals surface area contributed by atoms with Crippen LogP contribution in [0.3, 0.4) is 0 Å². The molecule has 0 radical (unpaired) electrons. The average molecular weight is 310 g/mol. The van der Waals surface area contributed by atoms with Gasteiger partial charge in [-0.25, -0.2) is 12.8 Å². The molecule has 2 rings (SSSR count). The van der Waals surface area contributed by atoms with Gasteiger partial charge in [0.1, 0.15) is 16.3 Å². The van der Waals surface area contributed by atoms with E-state index in [0.29, 0.717) is 12.8 Å². The topological polar surface area (TPSA) is 70.0 Å². The van der Waals surface area contributed by atoms with Crippen molar-refractivity contribution in [2.24, 2.45) is 0 Å². The second-order valence-electron chi connectivity index (χ2n) is 5.50. The number of nitriles is 1. The summed E-state index contributed by atoms with van der Waals surface area (Å²) >= 11 is 0. The number of halogens is 1. The zero-order chi connectivity index (χ0) is 15.3. The Hall–Kier alpha value is -1.45. The first-order valence-electron chi connectivity index (χ1n) is 7.19. The smallest absolute Gasteiger partial charge is 0.207 e. The highest BCUT2D eigenvalue weighted by atomic mass is 32.2. The van der Waals surface area contributed by atoms with Gasteiger partial charge >= 0.3 is 0 Å². The predicted octanol–water partition coefficient (Wildman–Crippen LogP) is 3.11. The van der Waals surface area contributed by atoms with Crippen LogP contribution in [0.5, 0.6) is 0 Å². The summed E-state index contributed by atoms with van der Waals surface area (Å²) in [6, 6.07) is 7.34. The highest BCUT2D eigenvalue weighted by Gasteiger charge is 2.36. The number of rotatable bonds is 3. The number of nitrogens with one attached hydrogen (secondary N) is 1. The number of sulfonamides is 1. The van der Waals surface area contributed by atoms with Gasteiger partial charge in [0.25, 0.3) is 0 Å². The van der Waals surface area contributed by atoms with Crippen LogP contribution in [0.15, 0.2) is 29.2 Å². The minimum atomic E-state index is -4.04. The van der Waals surface area contributed by atoms with Gasteiger partial charge < -0.3 is 0 Å². The van der Waals surface area contributed by atoms with Crippen molar-refractivity contribution in [3.8, 4) is 6.07 Å². The number of nitrogens with zero attached hydrogens (tertiary/aromatic N) is 1. The maximum atomic E-state index is 13.7. The van der Waals surface area contributed by atoms with Gasteiger partial charge in [-0.2, -0.15) is 9.98 Å². The first-order valence-corrected chi connectivity index (χ1v) is 8.67. The van der Waals surface area contributed by atoms with E-state index in [9.17, 15) is 18.1 Å². The summed E-state index contributed by atoms with van der Waals surface area (Å²) in [5, 5.41) is 9.47. The van der Waals surface area contributed by atoms with Crippen LogP contribution in [0, 0.1) is 17.1 Å². The Kier molecular flexibility index (Phi) is 4.96. The highest BCUT2D eigenvalue weighted by Crippen LogP contribution is 2.28. The van der Waals surface area contributed by atoms with Crippen LogP contribution in [0.25, 0.3) is 0 Å². The normalized spacial score (nSPS) is 19.2. The van der Waals surface area contributed by atoms with Crippen LogP contribution in [-0.4, -0.2) is 14.0 Å². The molecule has 0 bridgehead atoms. The molecule has 0 aromatic heterocycles. The van der Waals surface area contributed by atoms with Crippen LogP contribution in [0.1, 0.15) is 44.9 Å². The van der Waals surface area contributed by atoms with Gasteiger partial charge in [0.15, 0.2) is 0 Å². The van der Waals surface area contributed by atoms with Crippen molar-refractivity contribution in [1.82, 2.24) is 4.72 Å². The Bertz CT molecular complexity index is 629. The first-order chi connectivity index (χ1) is 9.99. The molecule has 0 heterocycles. The summed E-state index contributed by atoms with van der Waals surface area (Å²) in [4.78, 5) is -0.401. The molecule has 1 saturated carbocycles. The van der Waals surface area contributed by atoms with Gasteiger partial charge in [-0.3, -0.25) is 0 Å². The summed E-state index contributed by atoms with van der Waals surface area (Å²) in [7, 11) is -4.04. The second-order valence-corrected chi connectivity index (χ2v) is 7.15. The predicted molar refractivity (Wildman–Crippen MR) is 77.4 cm³/mol. The third-order valence-corrected chi connectivity index (χ3v) is 5.45. The molecular formula is C15H19FN2O2S. The summed E-state index contributed by atoms with van der Waals surface area (Å²) < 4.78 is 40.9. The zero-order valence-corrected chi connectivity index (χ0v) is 12.6. The molecular weight excluding hydrogens is 291 g/mol. The largest absolute Gasteiger partial charge is 0.244 e. The molecule has 0 aliphatic heterocycles. The van der Waals surface area contributed by atoms with Gasteiger partial charge in [-0.15, -0.1) is 0 Å². The second kappa shape index (κ2) is 6.54. The molecule has 6 heteroatoms. The maximum Gasteiger partial charge on any atom is 0.244 e. The van der Waals surface area contributed by atoms with Crippen LogP contribution >= 0.6 is 0 Å². The molecule has 1 fully saturated rings. The molecule has 1 aliphatic carbocycles. The van der Waals surface area contributed by atoms with Crippen LogP contribution in [0.2, 0.25) is 0 Å². The fraction of sp³-hybridized carbons (Fsp3) is 0.533. The Labute approximate surface area is 125 Å². The lowest BCUT2D eigenvalue weighted by atomic mass is 9.86. The number of benzene rings is 1. The van der Waals surface area contributed by atoms with E-state index in [1.54, 1.807) is 0 Å². The maximum absolute atomic E-state index is 13.7. The van der Waals surface area contributed by atoms with Gasteiger partial charge in [0.2, 0.25) is 10.0 Å². The van der Waals surface area contributed by atoms with E-state index >= 15 is 0 Å². The molecule has 0 saturated heterocycles. The van der Waals surface area contributed by atoms with E-state index in [1.807, 2.05) is 0 Å². The van der Waals surface area contributed by atoms with Crippen LogP contribution in [0.4, 0.5) is 4.39 Å². The molecule has 0 atom stereocenters. The van der Waals surface area contributed by atoms with Crippen molar-refractivity contribution in [3.63, 3.8) is 0 Å². The van der Waals surface area contributed by atoms with Crippen LogP contribution in [-0.2, 0) is 10.0 Å². The third-order valence-electron chi connectivity index (χ3n) is 3.88. The standard InChI is InChI=1S/C15H19FN2O2S/c16-13-8-4-5-9-14(13)21(19,20)18-15(12-17)10-6-2-1-3-7-11-15/h4-5,8-9,18H,1-3,6-7,10-11H2. The van der Waals surface area contributed by atoms with E-state index < -0.39 is 26.3 Å². The average Bonchev–Trinajstić information content (AvgIpc) is 2.42. The summed E-state index contributed by atoms with van der Waals surface area (Å²) in [5.41, 5.74) is -1.12. The van der Waals surface area contributed by atoms with E-state index in [2.05, 4.69) is 10.8 Å². The fourth-order valence-corrected chi connectivity index (χ4v) is 4.18. The van der Waals surface area contributed by atoms with E-state index in [4.69, 9.17) is 0 Å². The molecule has 114 valence electrons. The minimum absolute atomic E-state index is 0.401. The minimum Gasteiger partial charge on any atom is -0.207 e. The molecule has 0 spiro atoms. The Morgan fingerprint density at radius 1 is 1.10 bits per heavy atom. The Morgan fingerprint density at radius 3 is 2.24 bits per heavy atom. The fourth-order valence-electron chi connectivity index (χ4n) is 2.72. The van der Waals surface area contributed by atoms with Crippen molar-refractivity contribution in [2.45, 2.75) is 55.4 Å². The Morgan fingerprint density at radius 2 is 1.67 bits per heavy atom. The van der Waals surface area contributed by atoms with E-state index in [-0.39, 0.29) is 0 Å². The van der Waals surface area contributed by atoms with E-state index in [0.717, 1.165) is 38.2 Å². The summed E-state index contributed by atoms with van der Waals surface area (Å²) in [5.74, 6) is -0.802. The molecule has 1 aromatic carbocycles. The molecule has 4 nitrogen and oxygen atoms in total. The van der Waals surface area contributed by atoms with Crippen molar-refractivity contribution in [1.29, 1.82) is 5.26 Å². The molecule has 0 amide bonds. The molecule has 1 aliphatic rings. The lowest BCUT2D eigenvalue weighted by molar-refractivity contribution is 0.356. The summed E-state index contributed by atoms with van der Waals surface area (Å²) in [6.45, 7) is 0. The van der Waals surface area contributed by atoms with Crippen molar-refractivity contribution in [2.75, 3.05) is 0 Å². The highest BCUT2D eigenvalue weighted by molar-refractivity contribution is 7.89. The lowest BCUT2D eigenvalue weighted by Crippen LogP contribution is -2.47. The molecule has 21 heavy (non-hydrogen) atoms. The van der Waals surface area contributed by atoms with Gasteiger partial charge in [-0.1, -0.05) is 44.2 Å². The quantitative estimate of drug-likeness (QED) is 0.932. The number of hydrogen-bond acceptors (Lipinski definition) is 3. The molecule has 0 unspecified atom stereocenters. The molecule has 1 N–H and O–H groups in total. The summed E-state index contributed by atoms with van der Waals surface area (Å²) in [6.07, 6.45) is 5.63. The van der Waals surface area contributed by atoms with Gasteiger partial charge in [-0.05, 0) is 25.0 Å². The van der Waals surface area contributed by atoms with Crippen LogP contribution < -0.4 is 4.72 Å². The van der Waals surface area contributed by atoms with Crippen molar-refractivity contribution < 1.29 is 12.8 Å². The van der Waals surface area contributed by atoms with Crippen molar-refractivity contribution in [3.05, 3.63) is 30.1 Å². The SMILES string of the molecule is N#CC1(NS(=O)(=O)c2ccccc2F)CCCCCCC1. The zero-order valence-electron chi connectivity index (χ0n) is 11.8. The van der Waals surface area contributed by atoms with Gasteiger partial charge in [0.05, 0.1) is 6.07 Å². The monoisotopic (exact) mass is 310 g/mol. The van der Waals surface area contributed by atoms with E-state index in [1.165, 1.54) is 18.2 Å². The molecule has 1 aromatic rings. The van der Waals surface area contributed by atoms with Gasteiger partial charge in [0, 0.05) is 0 Å². The number of hydrogen-bond donors (Lipinski definition) is 1. The Balaban J connectivity index is 2.28. The van der Waals surface area contributed by atoms with Crippen molar-refractivity contribution >= 4 is 10.0 Å². The third kappa shape index (κ3) is 3.80. The lowest BCUT2D eigenvalue weighted by Gasteiger charge is -2.29.